The lowest BCUT2D eigenvalue weighted by Gasteiger charge is -2.15. The van der Waals surface area contributed by atoms with Crippen molar-refractivity contribution in [3.8, 4) is 0 Å². The van der Waals surface area contributed by atoms with Gasteiger partial charge in [0.15, 0.2) is 0 Å². The van der Waals surface area contributed by atoms with Crippen molar-refractivity contribution >= 4 is 34.5 Å². The van der Waals surface area contributed by atoms with Gasteiger partial charge in [0, 0.05) is 24.2 Å². The van der Waals surface area contributed by atoms with Crippen LogP contribution in [0.2, 0.25) is 0 Å². The predicted molar refractivity (Wildman–Crippen MR) is 92.3 cm³/mol. The molecular formula is C17H19N3O2S. The van der Waals surface area contributed by atoms with Crippen LogP contribution in [0.4, 0.5) is 11.4 Å². The summed E-state index contributed by atoms with van der Waals surface area (Å²) in [5.74, 6) is 0.264. The molecule has 2 N–H and O–H groups in total. The first-order valence-electron chi connectivity index (χ1n) is 7.60. The van der Waals surface area contributed by atoms with E-state index >= 15 is 0 Å². The molecule has 0 spiro atoms. The van der Waals surface area contributed by atoms with E-state index in [0.717, 1.165) is 21.8 Å². The average molecular weight is 329 g/mol. The minimum absolute atomic E-state index is 0.129. The minimum atomic E-state index is -0.157. The second-order valence-corrected chi connectivity index (χ2v) is 6.96. The van der Waals surface area contributed by atoms with Gasteiger partial charge in [-0.2, -0.15) is 0 Å². The summed E-state index contributed by atoms with van der Waals surface area (Å²) in [5, 5.41) is 6.79. The van der Waals surface area contributed by atoms with E-state index in [2.05, 4.69) is 15.6 Å². The second kappa shape index (κ2) is 6.12. The Labute approximate surface area is 139 Å². The zero-order valence-electron chi connectivity index (χ0n) is 13.4. The smallest absolute Gasteiger partial charge is 0.267 e. The fraction of sp³-hybridized carbons (Fsp3) is 0.353. The molecule has 1 aliphatic rings. The Morgan fingerprint density at radius 1 is 1.22 bits per heavy atom. The Hall–Kier alpha value is -2.21. The first-order valence-corrected chi connectivity index (χ1v) is 8.42. The molecule has 0 aliphatic heterocycles. The van der Waals surface area contributed by atoms with Crippen LogP contribution in [0.25, 0.3) is 0 Å². The van der Waals surface area contributed by atoms with Crippen LogP contribution >= 0.6 is 11.3 Å². The molecule has 1 heterocycles. The molecule has 1 fully saturated rings. The summed E-state index contributed by atoms with van der Waals surface area (Å²) in [6.07, 6.45) is 3.99. The SMILES string of the molecule is CC(=O)Nc1c(C)ccc(NC(=O)c2cnc(C3CC3)s2)c1C. The number of hydrogen-bond acceptors (Lipinski definition) is 4. The number of nitrogens with zero attached hydrogens (tertiary/aromatic N) is 1. The van der Waals surface area contributed by atoms with Crippen LogP contribution in [0.3, 0.4) is 0 Å². The highest BCUT2D eigenvalue weighted by Gasteiger charge is 2.27. The summed E-state index contributed by atoms with van der Waals surface area (Å²) in [6, 6.07) is 3.74. The molecule has 120 valence electrons. The van der Waals surface area contributed by atoms with Crippen LogP contribution in [0.1, 0.15) is 51.5 Å². The quantitative estimate of drug-likeness (QED) is 0.895. The van der Waals surface area contributed by atoms with Crippen molar-refractivity contribution < 1.29 is 9.59 Å². The number of carbonyl (C=O) groups excluding carboxylic acids is 2. The Balaban J connectivity index is 1.81. The third kappa shape index (κ3) is 3.42. The number of aromatic nitrogens is 1. The Bertz CT molecular complexity index is 778. The van der Waals surface area contributed by atoms with Crippen LogP contribution in [0.15, 0.2) is 18.3 Å². The third-order valence-electron chi connectivity index (χ3n) is 3.90. The van der Waals surface area contributed by atoms with E-state index in [0.29, 0.717) is 16.5 Å². The normalized spacial score (nSPS) is 13.7. The molecule has 0 unspecified atom stereocenters. The number of hydrogen-bond donors (Lipinski definition) is 2. The van der Waals surface area contributed by atoms with Gasteiger partial charge in [0.2, 0.25) is 5.91 Å². The summed E-state index contributed by atoms with van der Waals surface area (Å²) >= 11 is 1.46. The summed E-state index contributed by atoms with van der Waals surface area (Å²) < 4.78 is 0. The monoisotopic (exact) mass is 329 g/mol. The van der Waals surface area contributed by atoms with Crippen molar-refractivity contribution in [1.29, 1.82) is 0 Å². The zero-order valence-corrected chi connectivity index (χ0v) is 14.2. The molecule has 0 saturated heterocycles. The fourth-order valence-corrected chi connectivity index (χ4v) is 3.43. The van der Waals surface area contributed by atoms with Crippen LogP contribution in [-0.2, 0) is 4.79 Å². The summed E-state index contributed by atoms with van der Waals surface area (Å²) in [4.78, 5) is 28.7. The predicted octanol–water partition coefficient (Wildman–Crippen LogP) is 3.85. The number of amides is 2. The van der Waals surface area contributed by atoms with Crippen molar-refractivity contribution in [3.05, 3.63) is 39.3 Å². The third-order valence-corrected chi connectivity index (χ3v) is 5.06. The number of aryl methyl sites for hydroxylation is 1. The molecule has 0 bridgehead atoms. The van der Waals surface area contributed by atoms with E-state index in [1.54, 1.807) is 6.20 Å². The van der Waals surface area contributed by atoms with Crippen molar-refractivity contribution in [2.75, 3.05) is 10.6 Å². The standard InChI is InChI=1S/C17H19N3O2S/c1-9-4-7-13(10(2)15(9)19-11(3)21)20-16(22)14-8-18-17(23-14)12-5-6-12/h4,7-8,12H,5-6H2,1-3H3,(H,19,21)(H,20,22). The van der Waals surface area contributed by atoms with Gasteiger partial charge in [0.1, 0.15) is 4.88 Å². The number of rotatable bonds is 4. The van der Waals surface area contributed by atoms with E-state index in [-0.39, 0.29) is 11.8 Å². The molecule has 1 aliphatic carbocycles. The number of carbonyl (C=O) groups is 2. The minimum Gasteiger partial charge on any atom is -0.326 e. The molecule has 6 heteroatoms. The van der Waals surface area contributed by atoms with Crippen molar-refractivity contribution in [2.24, 2.45) is 0 Å². The lowest BCUT2D eigenvalue weighted by atomic mass is 10.1. The fourth-order valence-electron chi connectivity index (χ4n) is 2.45. The molecule has 23 heavy (non-hydrogen) atoms. The maximum Gasteiger partial charge on any atom is 0.267 e. The lowest BCUT2D eigenvalue weighted by molar-refractivity contribution is -0.114. The van der Waals surface area contributed by atoms with Gasteiger partial charge in [-0.15, -0.1) is 11.3 Å². The van der Waals surface area contributed by atoms with Crippen LogP contribution in [-0.4, -0.2) is 16.8 Å². The number of thiazole rings is 1. The molecule has 1 aromatic heterocycles. The molecule has 1 aromatic carbocycles. The molecule has 2 amide bonds. The molecular weight excluding hydrogens is 310 g/mol. The van der Waals surface area contributed by atoms with Crippen LogP contribution in [0.5, 0.6) is 0 Å². The summed E-state index contributed by atoms with van der Waals surface area (Å²) in [7, 11) is 0. The number of benzene rings is 1. The molecule has 0 atom stereocenters. The van der Waals surface area contributed by atoms with E-state index < -0.39 is 0 Å². The van der Waals surface area contributed by atoms with Crippen LogP contribution in [0, 0.1) is 13.8 Å². The van der Waals surface area contributed by atoms with Crippen molar-refractivity contribution in [1.82, 2.24) is 4.98 Å². The number of anilines is 2. The highest BCUT2D eigenvalue weighted by atomic mass is 32.1. The van der Waals surface area contributed by atoms with Crippen molar-refractivity contribution in [3.63, 3.8) is 0 Å². The van der Waals surface area contributed by atoms with E-state index in [1.807, 2.05) is 26.0 Å². The zero-order chi connectivity index (χ0) is 16.6. The molecule has 2 aromatic rings. The highest BCUT2D eigenvalue weighted by molar-refractivity contribution is 7.13. The second-order valence-electron chi connectivity index (χ2n) is 5.90. The Morgan fingerprint density at radius 3 is 2.61 bits per heavy atom. The largest absolute Gasteiger partial charge is 0.326 e. The molecule has 0 radical (unpaired) electrons. The van der Waals surface area contributed by atoms with E-state index in [4.69, 9.17) is 0 Å². The Kier molecular flexibility index (Phi) is 4.17. The lowest BCUT2D eigenvalue weighted by Crippen LogP contribution is -2.14. The van der Waals surface area contributed by atoms with Gasteiger partial charge in [0.25, 0.3) is 5.91 Å². The van der Waals surface area contributed by atoms with Crippen molar-refractivity contribution in [2.45, 2.75) is 39.5 Å². The topological polar surface area (TPSA) is 71.1 Å². The van der Waals surface area contributed by atoms with Gasteiger partial charge in [0.05, 0.1) is 11.2 Å². The maximum atomic E-state index is 12.4. The van der Waals surface area contributed by atoms with Gasteiger partial charge in [-0.05, 0) is 43.9 Å². The highest BCUT2D eigenvalue weighted by Crippen LogP contribution is 2.41. The Morgan fingerprint density at radius 2 is 1.96 bits per heavy atom. The first-order chi connectivity index (χ1) is 11.0. The van der Waals surface area contributed by atoms with Gasteiger partial charge in [-0.1, -0.05) is 6.07 Å². The maximum absolute atomic E-state index is 12.4. The van der Waals surface area contributed by atoms with Gasteiger partial charge in [-0.25, -0.2) is 4.98 Å². The van der Waals surface area contributed by atoms with E-state index in [1.165, 1.54) is 31.1 Å². The van der Waals surface area contributed by atoms with Crippen LogP contribution < -0.4 is 10.6 Å². The molecule has 1 saturated carbocycles. The van der Waals surface area contributed by atoms with Gasteiger partial charge in [-0.3, -0.25) is 9.59 Å². The van der Waals surface area contributed by atoms with Gasteiger partial charge >= 0.3 is 0 Å². The average Bonchev–Trinajstić information content (AvgIpc) is 3.23. The summed E-state index contributed by atoms with van der Waals surface area (Å²) in [5.41, 5.74) is 3.26. The van der Waals surface area contributed by atoms with E-state index in [9.17, 15) is 9.59 Å². The molecule has 3 rings (SSSR count). The van der Waals surface area contributed by atoms with Gasteiger partial charge < -0.3 is 10.6 Å². The molecule has 5 nitrogen and oxygen atoms in total. The summed E-state index contributed by atoms with van der Waals surface area (Å²) in [6.45, 7) is 5.28. The first kappa shape index (κ1) is 15.7. The number of nitrogens with one attached hydrogen (secondary N) is 2.